The first-order valence-electron chi connectivity index (χ1n) is 11.1. The number of rotatable bonds is 5. The number of benzene rings is 2. The third-order valence-corrected chi connectivity index (χ3v) is 6.49. The van der Waals surface area contributed by atoms with Gasteiger partial charge in [0.2, 0.25) is 11.7 Å². The largest absolute Gasteiger partial charge is 0.493 e. The highest BCUT2D eigenvalue weighted by Gasteiger charge is 2.44. The molecule has 1 unspecified atom stereocenters. The van der Waals surface area contributed by atoms with Gasteiger partial charge in [0.15, 0.2) is 17.3 Å². The molecule has 6 heteroatoms. The summed E-state index contributed by atoms with van der Waals surface area (Å²) in [5.41, 5.74) is 3.97. The standard InChI is InChI=1S/C27H31NO5/c1-16-8-7-9-18(10-16)28-20-14-27(2,3)15-21(29)25(20)19(13-24(28)30)17-11-22(31-4)26(33-6)23(12-17)32-5/h7-12,19H,13-15H2,1-6H3. The van der Waals surface area contributed by atoms with E-state index in [-0.39, 0.29) is 29.4 Å². The van der Waals surface area contributed by atoms with Crippen molar-refractivity contribution in [3.05, 3.63) is 58.8 Å². The Bertz CT molecular complexity index is 1120. The fourth-order valence-electron chi connectivity index (χ4n) is 5.07. The number of amides is 1. The molecule has 0 saturated heterocycles. The van der Waals surface area contributed by atoms with Crippen LogP contribution in [0.5, 0.6) is 17.2 Å². The zero-order chi connectivity index (χ0) is 23.9. The van der Waals surface area contributed by atoms with E-state index in [1.165, 1.54) is 0 Å². The van der Waals surface area contributed by atoms with Crippen molar-refractivity contribution >= 4 is 17.4 Å². The lowest BCUT2D eigenvalue weighted by Gasteiger charge is -2.43. The molecule has 2 aromatic rings. The Labute approximate surface area is 195 Å². The number of nitrogens with zero attached hydrogens (tertiary/aromatic N) is 1. The topological polar surface area (TPSA) is 65.1 Å². The van der Waals surface area contributed by atoms with E-state index in [4.69, 9.17) is 14.2 Å². The molecular weight excluding hydrogens is 418 g/mol. The van der Waals surface area contributed by atoms with Crippen LogP contribution in [0, 0.1) is 12.3 Å². The minimum Gasteiger partial charge on any atom is -0.493 e. The molecule has 6 nitrogen and oxygen atoms in total. The number of allylic oxidation sites excluding steroid dienone is 2. The molecular formula is C27H31NO5. The number of hydrogen-bond donors (Lipinski definition) is 0. The summed E-state index contributed by atoms with van der Waals surface area (Å²) in [7, 11) is 4.67. The van der Waals surface area contributed by atoms with Crippen LogP contribution < -0.4 is 19.1 Å². The van der Waals surface area contributed by atoms with Gasteiger partial charge >= 0.3 is 0 Å². The Kier molecular flexibility index (Phi) is 5.95. The number of hydrogen-bond acceptors (Lipinski definition) is 5. The van der Waals surface area contributed by atoms with Crippen LogP contribution in [0.1, 0.15) is 50.2 Å². The average Bonchev–Trinajstić information content (AvgIpc) is 2.76. The maximum atomic E-state index is 13.6. The summed E-state index contributed by atoms with van der Waals surface area (Å²) >= 11 is 0. The molecule has 4 rings (SSSR count). The molecule has 0 bridgehead atoms. The third kappa shape index (κ3) is 4.10. The van der Waals surface area contributed by atoms with Crippen LogP contribution in [0.15, 0.2) is 47.7 Å². The van der Waals surface area contributed by atoms with Gasteiger partial charge < -0.3 is 14.2 Å². The second-order valence-corrected chi connectivity index (χ2v) is 9.58. The number of methoxy groups -OCH3 is 3. The van der Waals surface area contributed by atoms with Gasteiger partial charge in [-0.25, -0.2) is 0 Å². The molecule has 0 fully saturated rings. The first-order valence-corrected chi connectivity index (χ1v) is 11.1. The Morgan fingerprint density at radius 1 is 0.939 bits per heavy atom. The van der Waals surface area contributed by atoms with Crippen LogP contribution >= 0.6 is 0 Å². The summed E-state index contributed by atoms with van der Waals surface area (Å²) in [5.74, 6) is 1.19. The summed E-state index contributed by atoms with van der Waals surface area (Å²) in [6.07, 6.45) is 1.29. The number of anilines is 1. The number of carbonyl (C=O) groups is 2. The van der Waals surface area contributed by atoms with Crippen LogP contribution in [-0.2, 0) is 9.59 Å². The highest BCUT2D eigenvalue weighted by Crippen LogP contribution is 2.50. The molecule has 1 heterocycles. The monoisotopic (exact) mass is 449 g/mol. The highest BCUT2D eigenvalue weighted by atomic mass is 16.5. The lowest BCUT2D eigenvalue weighted by Crippen LogP contribution is -2.43. The van der Waals surface area contributed by atoms with Gasteiger partial charge in [0.25, 0.3) is 0 Å². The molecule has 0 radical (unpaired) electrons. The smallest absolute Gasteiger partial charge is 0.232 e. The maximum absolute atomic E-state index is 13.6. The van der Waals surface area contributed by atoms with Gasteiger partial charge in [-0.05, 0) is 54.2 Å². The van der Waals surface area contributed by atoms with Gasteiger partial charge in [0, 0.05) is 35.7 Å². The molecule has 33 heavy (non-hydrogen) atoms. The Balaban J connectivity index is 1.92. The number of ketones is 1. The van der Waals surface area contributed by atoms with E-state index in [0.29, 0.717) is 35.7 Å². The van der Waals surface area contributed by atoms with E-state index in [0.717, 1.165) is 22.5 Å². The molecule has 2 aliphatic rings. The van der Waals surface area contributed by atoms with Crippen LogP contribution in [0.4, 0.5) is 5.69 Å². The van der Waals surface area contributed by atoms with Crippen molar-refractivity contribution in [1.29, 1.82) is 0 Å². The van der Waals surface area contributed by atoms with Gasteiger partial charge in [0.05, 0.1) is 21.3 Å². The Morgan fingerprint density at radius 3 is 2.18 bits per heavy atom. The SMILES string of the molecule is COc1cc(C2CC(=O)N(c3cccc(C)c3)C3=C2C(=O)CC(C)(C)C3)cc(OC)c1OC. The van der Waals surface area contributed by atoms with E-state index >= 15 is 0 Å². The fourth-order valence-corrected chi connectivity index (χ4v) is 5.07. The molecule has 0 aromatic heterocycles. The molecule has 1 aliphatic carbocycles. The first kappa shape index (κ1) is 22.9. The summed E-state index contributed by atoms with van der Waals surface area (Å²) in [4.78, 5) is 28.9. The third-order valence-electron chi connectivity index (χ3n) is 6.49. The number of carbonyl (C=O) groups excluding carboxylic acids is 2. The second-order valence-electron chi connectivity index (χ2n) is 9.58. The highest BCUT2D eigenvalue weighted by molar-refractivity contribution is 6.07. The molecule has 1 aliphatic heterocycles. The van der Waals surface area contributed by atoms with Crippen molar-refractivity contribution in [1.82, 2.24) is 0 Å². The first-order chi connectivity index (χ1) is 15.7. The molecule has 0 spiro atoms. The van der Waals surface area contributed by atoms with Crippen LogP contribution in [0.25, 0.3) is 0 Å². The van der Waals surface area contributed by atoms with E-state index in [2.05, 4.69) is 13.8 Å². The van der Waals surface area contributed by atoms with Crippen molar-refractivity contribution in [2.24, 2.45) is 5.41 Å². The lowest BCUT2D eigenvalue weighted by molar-refractivity contribution is -0.121. The maximum Gasteiger partial charge on any atom is 0.232 e. The summed E-state index contributed by atoms with van der Waals surface area (Å²) in [6.45, 7) is 6.16. The van der Waals surface area contributed by atoms with Crippen molar-refractivity contribution in [2.45, 2.75) is 46.0 Å². The average molecular weight is 450 g/mol. The quantitative estimate of drug-likeness (QED) is 0.629. The summed E-state index contributed by atoms with van der Waals surface area (Å²) < 4.78 is 16.5. The number of ether oxygens (including phenoxy) is 3. The zero-order valence-corrected chi connectivity index (χ0v) is 20.2. The van der Waals surface area contributed by atoms with Crippen molar-refractivity contribution in [3.63, 3.8) is 0 Å². The Morgan fingerprint density at radius 2 is 1.61 bits per heavy atom. The van der Waals surface area contributed by atoms with Crippen molar-refractivity contribution < 1.29 is 23.8 Å². The molecule has 174 valence electrons. The predicted molar refractivity (Wildman–Crippen MR) is 127 cm³/mol. The number of Topliss-reactive ketones (excluding diaryl/α,β-unsaturated/α-hetero) is 1. The summed E-state index contributed by atoms with van der Waals surface area (Å²) in [5, 5.41) is 0. The normalized spacial score (nSPS) is 19.9. The summed E-state index contributed by atoms with van der Waals surface area (Å²) in [6, 6.07) is 11.6. The van der Waals surface area contributed by atoms with Crippen molar-refractivity contribution in [3.8, 4) is 17.2 Å². The zero-order valence-electron chi connectivity index (χ0n) is 20.2. The van der Waals surface area contributed by atoms with E-state index in [1.54, 1.807) is 26.2 Å². The molecule has 0 saturated carbocycles. The fraction of sp³-hybridized carbons (Fsp3) is 0.407. The molecule has 0 N–H and O–H groups in total. The van der Waals surface area contributed by atoms with Gasteiger partial charge in [-0.15, -0.1) is 0 Å². The van der Waals surface area contributed by atoms with Gasteiger partial charge in [0.1, 0.15) is 0 Å². The van der Waals surface area contributed by atoms with Gasteiger partial charge in [-0.3, -0.25) is 14.5 Å². The number of aryl methyl sites for hydroxylation is 1. The minimum absolute atomic E-state index is 0.0244. The van der Waals surface area contributed by atoms with E-state index in [1.807, 2.05) is 43.3 Å². The Hall–Kier alpha value is -3.28. The lowest BCUT2D eigenvalue weighted by atomic mass is 9.69. The molecule has 1 amide bonds. The van der Waals surface area contributed by atoms with E-state index < -0.39 is 0 Å². The van der Waals surface area contributed by atoms with Crippen LogP contribution in [0.2, 0.25) is 0 Å². The second kappa shape index (κ2) is 8.58. The van der Waals surface area contributed by atoms with Crippen molar-refractivity contribution in [2.75, 3.05) is 26.2 Å². The van der Waals surface area contributed by atoms with Crippen LogP contribution in [-0.4, -0.2) is 33.0 Å². The minimum atomic E-state index is -0.370. The predicted octanol–water partition coefficient (Wildman–Crippen LogP) is 5.18. The van der Waals surface area contributed by atoms with Gasteiger partial charge in [-0.2, -0.15) is 0 Å². The molecule has 1 atom stereocenters. The van der Waals surface area contributed by atoms with E-state index in [9.17, 15) is 9.59 Å². The molecule has 2 aromatic carbocycles. The van der Waals surface area contributed by atoms with Crippen LogP contribution in [0.3, 0.4) is 0 Å². The van der Waals surface area contributed by atoms with Gasteiger partial charge in [-0.1, -0.05) is 26.0 Å².